The first-order chi connectivity index (χ1) is 8.70. The second kappa shape index (κ2) is 5.71. The summed E-state index contributed by atoms with van der Waals surface area (Å²) in [6.07, 6.45) is 1.68. The highest BCUT2D eigenvalue weighted by molar-refractivity contribution is 5.31. The Bertz CT molecular complexity index is 531. The number of aliphatic hydroxyl groups excluding tert-OH is 1. The summed E-state index contributed by atoms with van der Waals surface area (Å²) < 4.78 is 18.1. The lowest BCUT2D eigenvalue weighted by atomic mass is 10.0. The van der Waals surface area contributed by atoms with Gasteiger partial charge in [-0.05, 0) is 17.2 Å². The van der Waals surface area contributed by atoms with Crippen LogP contribution in [0.2, 0.25) is 0 Å². The van der Waals surface area contributed by atoms with Gasteiger partial charge >= 0.3 is 0 Å². The molecule has 18 heavy (non-hydrogen) atoms. The Labute approximate surface area is 105 Å². The third-order valence-electron chi connectivity index (χ3n) is 2.62. The van der Waals surface area contributed by atoms with Gasteiger partial charge in [0, 0.05) is 18.9 Å². The molecule has 1 heterocycles. The lowest BCUT2D eigenvalue weighted by Crippen LogP contribution is -2.02. The number of hydrogen-bond acceptors (Lipinski definition) is 3. The summed E-state index contributed by atoms with van der Waals surface area (Å²) in [4.78, 5) is 3.73. The molecule has 0 bridgehead atoms. The van der Waals surface area contributed by atoms with Crippen LogP contribution in [0, 0.1) is 5.82 Å². The molecule has 1 N–H and O–H groups in total. The van der Waals surface area contributed by atoms with Crippen molar-refractivity contribution in [3.63, 3.8) is 0 Å². The van der Waals surface area contributed by atoms with Crippen molar-refractivity contribution >= 4 is 0 Å². The molecule has 1 unspecified atom stereocenters. The van der Waals surface area contributed by atoms with Gasteiger partial charge in [0.05, 0.1) is 12.8 Å². The summed E-state index contributed by atoms with van der Waals surface area (Å²) in [7, 11) is 1.61. The van der Waals surface area contributed by atoms with Gasteiger partial charge in [-0.2, -0.15) is 0 Å². The van der Waals surface area contributed by atoms with E-state index >= 15 is 0 Å². The van der Waals surface area contributed by atoms with Gasteiger partial charge in [-0.1, -0.05) is 24.3 Å². The molecule has 0 radical (unpaired) electrons. The van der Waals surface area contributed by atoms with E-state index in [4.69, 9.17) is 4.74 Å². The van der Waals surface area contributed by atoms with Crippen molar-refractivity contribution in [1.29, 1.82) is 0 Å². The van der Waals surface area contributed by atoms with Crippen LogP contribution in [0.5, 0.6) is 0 Å². The number of aliphatic hydroxyl groups is 1. The fraction of sp³-hybridized carbons (Fsp3) is 0.214. The van der Waals surface area contributed by atoms with E-state index in [-0.39, 0.29) is 0 Å². The lowest BCUT2D eigenvalue weighted by Gasteiger charge is -2.12. The quantitative estimate of drug-likeness (QED) is 0.902. The van der Waals surface area contributed by atoms with Crippen molar-refractivity contribution in [3.8, 4) is 0 Å². The minimum Gasteiger partial charge on any atom is -0.384 e. The summed E-state index contributed by atoms with van der Waals surface area (Å²) in [6.45, 7) is 0.474. The molecule has 0 fully saturated rings. The Hall–Kier alpha value is -1.78. The Morgan fingerprint density at radius 3 is 2.83 bits per heavy atom. The van der Waals surface area contributed by atoms with E-state index in [0.29, 0.717) is 17.7 Å². The molecule has 2 aromatic rings. The van der Waals surface area contributed by atoms with Gasteiger partial charge in [0.1, 0.15) is 11.9 Å². The minimum atomic E-state index is -0.884. The summed E-state index contributed by atoms with van der Waals surface area (Å²) >= 11 is 0. The van der Waals surface area contributed by atoms with Crippen LogP contribution >= 0.6 is 0 Å². The number of ether oxygens (including phenoxy) is 1. The van der Waals surface area contributed by atoms with E-state index in [1.165, 1.54) is 12.3 Å². The molecule has 0 aliphatic carbocycles. The molecule has 1 aromatic carbocycles. The molecular formula is C14H14FNO2. The highest BCUT2D eigenvalue weighted by atomic mass is 19.1. The van der Waals surface area contributed by atoms with Crippen LogP contribution in [-0.2, 0) is 11.3 Å². The third kappa shape index (κ3) is 2.91. The van der Waals surface area contributed by atoms with E-state index in [1.54, 1.807) is 13.2 Å². The molecule has 94 valence electrons. The van der Waals surface area contributed by atoms with Crippen molar-refractivity contribution in [2.75, 3.05) is 7.11 Å². The van der Waals surface area contributed by atoms with E-state index in [1.807, 2.05) is 18.2 Å². The first-order valence-electron chi connectivity index (χ1n) is 5.57. The van der Waals surface area contributed by atoms with E-state index in [0.717, 1.165) is 11.8 Å². The van der Waals surface area contributed by atoms with Crippen molar-refractivity contribution in [2.24, 2.45) is 0 Å². The fourth-order valence-corrected chi connectivity index (χ4v) is 1.79. The van der Waals surface area contributed by atoms with Gasteiger partial charge in [0.2, 0.25) is 0 Å². The average Bonchev–Trinajstić information content (AvgIpc) is 2.39. The minimum absolute atomic E-state index is 0.435. The number of benzene rings is 1. The van der Waals surface area contributed by atoms with Crippen molar-refractivity contribution in [3.05, 3.63) is 65.2 Å². The molecule has 4 heteroatoms. The predicted molar refractivity (Wildman–Crippen MR) is 65.4 cm³/mol. The van der Waals surface area contributed by atoms with Crippen LogP contribution in [-0.4, -0.2) is 17.2 Å². The number of nitrogens with zero attached hydrogens (tertiary/aromatic N) is 1. The molecule has 1 atom stereocenters. The zero-order valence-corrected chi connectivity index (χ0v) is 10.0. The number of pyridine rings is 1. The Morgan fingerprint density at radius 1 is 1.28 bits per heavy atom. The van der Waals surface area contributed by atoms with E-state index in [2.05, 4.69) is 4.98 Å². The molecule has 0 aliphatic rings. The second-order valence-corrected chi connectivity index (χ2v) is 4.02. The van der Waals surface area contributed by atoms with Gasteiger partial charge < -0.3 is 9.84 Å². The molecule has 3 nitrogen and oxygen atoms in total. The maximum Gasteiger partial charge on any atom is 0.141 e. The number of methoxy groups -OCH3 is 1. The maximum absolute atomic E-state index is 13.0. The predicted octanol–water partition coefficient (Wildman–Crippen LogP) is 2.45. The van der Waals surface area contributed by atoms with Crippen LogP contribution in [0.15, 0.2) is 42.7 Å². The average molecular weight is 247 g/mol. The third-order valence-corrected chi connectivity index (χ3v) is 2.62. The topological polar surface area (TPSA) is 42.4 Å². The van der Waals surface area contributed by atoms with Gasteiger partial charge in [-0.3, -0.25) is 4.98 Å². The number of aromatic nitrogens is 1. The fourth-order valence-electron chi connectivity index (χ4n) is 1.79. The van der Waals surface area contributed by atoms with Gasteiger partial charge in [0.25, 0.3) is 0 Å². The smallest absolute Gasteiger partial charge is 0.141 e. The molecule has 2 rings (SSSR count). The first kappa shape index (κ1) is 12.7. The highest BCUT2D eigenvalue weighted by Gasteiger charge is 2.12. The first-order valence-corrected chi connectivity index (χ1v) is 5.57. The highest BCUT2D eigenvalue weighted by Crippen LogP contribution is 2.22. The van der Waals surface area contributed by atoms with E-state index < -0.39 is 11.9 Å². The SMILES string of the molecule is COCc1cccc(C(O)c2cncc(F)c2)c1. The van der Waals surface area contributed by atoms with Crippen LogP contribution in [0.3, 0.4) is 0 Å². The van der Waals surface area contributed by atoms with Crippen molar-refractivity contribution < 1.29 is 14.2 Å². The Morgan fingerprint density at radius 2 is 2.11 bits per heavy atom. The lowest BCUT2D eigenvalue weighted by molar-refractivity contribution is 0.184. The number of rotatable bonds is 4. The zero-order chi connectivity index (χ0) is 13.0. The molecule has 0 amide bonds. The van der Waals surface area contributed by atoms with Crippen LogP contribution in [0.1, 0.15) is 22.8 Å². The monoisotopic (exact) mass is 247 g/mol. The van der Waals surface area contributed by atoms with Gasteiger partial charge in [0.15, 0.2) is 0 Å². The van der Waals surface area contributed by atoms with Gasteiger partial charge in [-0.15, -0.1) is 0 Å². The molecular weight excluding hydrogens is 233 g/mol. The van der Waals surface area contributed by atoms with Crippen molar-refractivity contribution in [2.45, 2.75) is 12.7 Å². The van der Waals surface area contributed by atoms with Crippen LogP contribution < -0.4 is 0 Å². The van der Waals surface area contributed by atoms with Crippen molar-refractivity contribution in [1.82, 2.24) is 4.98 Å². The van der Waals surface area contributed by atoms with Gasteiger partial charge in [-0.25, -0.2) is 4.39 Å². The Balaban J connectivity index is 2.27. The van der Waals surface area contributed by atoms with Crippen LogP contribution in [0.4, 0.5) is 4.39 Å². The summed E-state index contributed by atoms with van der Waals surface area (Å²) in [5.74, 6) is -0.459. The maximum atomic E-state index is 13.0. The second-order valence-electron chi connectivity index (χ2n) is 4.02. The standard InChI is InChI=1S/C14H14FNO2/c1-18-9-10-3-2-4-11(5-10)14(17)12-6-13(15)8-16-7-12/h2-8,14,17H,9H2,1H3. The molecule has 1 aromatic heterocycles. The largest absolute Gasteiger partial charge is 0.384 e. The van der Waals surface area contributed by atoms with E-state index in [9.17, 15) is 9.50 Å². The summed E-state index contributed by atoms with van der Waals surface area (Å²) in [6, 6.07) is 8.64. The number of hydrogen-bond donors (Lipinski definition) is 1. The van der Waals surface area contributed by atoms with Crippen LogP contribution in [0.25, 0.3) is 0 Å². The molecule has 0 aliphatic heterocycles. The summed E-state index contributed by atoms with van der Waals surface area (Å²) in [5, 5.41) is 10.2. The molecule has 0 spiro atoms. The summed E-state index contributed by atoms with van der Waals surface area (Å²) in [5.41, 5.74) is 2.08. The zero-order valence-electron chi connectivity index (χ0n) is 10.0. The normalized spacial score (nSPS) is 12.4. The molecule has 0 saturated heterocycles. The number of halogens is 1. The Kier molecular flexibility index (Phi) is 4.02. The molecule has 0 saturated carbocycles.